The van der Waals surface area contributed by atoms with E-state index in [2.05, 4.69) is 10.6 Å². The van der Waals surface area contributed by atoms with Crippen LogP contribution in [0.25, 0.3) is 0 Å². The molecule has 2 saturated heterocycles. The molecular formula is C14H17N3O2. The van der Waals surface area contributed by atoms with Crippen LogP contribution in [-0.2, 0) is 9.59 Å². The van der Waals surface area contributed by atoms with E-state index in [1.807, 2.05) is 35.2 Å². The Hall–Kier alpha value is -1.88. The molecule has 5 nitrogen and oxygen atoms in total. The highest BCUT2D eigenvalue weighted by Gasteiger charge is 2.53. The summed E-state index contributed by atoms with van der Waals surface area (Å²) in [6.07, 6.45) is 1.69. The van der Waals surface area contributed by atoms with E-state index in [1.165, 1.54) is 0 Å². The van der Waals surface area contributed by atoms with Crippen LogP contribution in [0.3, 0.4) is 0 Å². The number of carbonyl (C=O) groups excluding carboxylic acids is 2. The van der Waals surface area contributed by atoms with Crippen molar-refractivity contribution in [2.24, 2.45) is 0 Å². The second-order valence-electron chi connectivity index (χ2n) is 5.04. The fraction of sp³-hybridized carbons (Fsp3) is 0.429. The molecule has 0 radical (unpaired) electrons. The van der Waals surface area contributed by atoms with Crippen LogP contribution < -0.4 is 15.5 Å². The van der Waals surface area contributed by atoms with Gasteiger partial charge in [0.25, 0.3) is 0 Å². The first kappa shape index (κ1) is 12.2. The topological polar surface area (TPSA) is 61.4 Å². The second-order valence-corrected chi connectivity index (χ2v) is 5.04. The molecule has 2 N–H and O–H groups in total. The summed E-state index contributed by atoms with van der Waals surface area (Å²) in [5.74, 6) is -0.0325. The van der Waals surface area contributed by atoms with Gasteiger partial charge in [0.1, 0.15) is 5.54 Å². The molecule has 1 unspecified atom stereocenters. The zero-order chi connectivity index (χ0) is 13.3. The van der Waals surface area contributed by atoms with Gasteiger partial charge in [0.15, 0.2) is 12.5 Å². The molecule has 0 aliphatic carbocycles. The molecule has 1 spiro atoms. The lowest BCUT2D eigenvalue weighted by Gasteiger charge is -2.41. The Labute approximate surface area is 112 Å². The fourth-order valence-electron chi connectivity index (χ4n) is 3.11. The maximum absolute atomic E-state index is 12.4. The van der Waals surface area contributed by atoms with Gasteiger partial charge in [-0.15, -0.1) is 0 Å². The summed E-state index contributed by atoms with van der Waals surface area (Å²) >= 11 is 0. The number of nitrogens with zero attached hydrogens (tertiary/aromatic N) is 1. The third-order valence-electron chi connectivity index (χ3n) is 4.03. The molecule has 2 heterocycles. The second kappa shape index (κ2) is 4.66. The molecule has 2 aliphatic rings. The van der Waals surface area contributed by atoms with Crippen LogP contribution >= 0.6 is 0 Å². The molecule has 0 bridgehead atoms. The molecule has 1 aromatic carbocycles. The molecule has 5 heteroatoms. The maximum atomic E-state index is 12.4. The Morgan fingerprint density at radius 2 is 1.89 bits per heavy atom. The van der Waals surface area contributed by atoms with Gasteiger partial charge in [-0.1, -0.05) is 18.2 Å². The molecule has 0 aromatic heterocycles. The Kier molecular flexibility index (Phi) is 2.98. The summed E-state index contributed by atoms with van der Waals surface area (Å²) in [6, 6.07) is 9.67. The maximum Gasteiger partial charge on any atom is 0.247 e. The Morgan fingerprint density at radius 1 is 1.21 bits per heavy atom. The zero-order valence-electron chi connectivity index (χ0n) is 10.6. The van der Waals surface area contributed by atoms with Crippen LogP contribution in [0.5, 0.6) is 0 Å². The first-order valence-electron chi connectivity index (χ1n) is 6.59. The van der Waals surface area contributed by atoms with E-state index in [1.54, 1.807) is 0 Å². The lowest BCUT2D eigenvalue weighted by atomic mass is 9.86. The smallest absolute Gasteiger partial charge is 0.247 e. The standard InChI is InChI=1S/C14H17N3O2/c18-10-12-16-13(19)14(6-8-15-9-7-14)17(12)11-4-2-1-3-5-11/h1-5,10,12,15H,6-9H2,(H,16,19). The van der Waals surface area contributed by atoms with E-state index in [4.69, 9.17) is 0 Å². The monoisotopic (exact) mass is 259 g/mol. The number of benzene rings is 1. The van der Waals surface area contributed by atoms with Crippen molar-refractivity contribution in [1.29, 1.82) is 0 Å². The molecule has 1 aromatic rings. The van der Waals surface area contributed by atoms with E-state index in [0.29, 0.717) is 0 Å². The highest BCUT2D eigenvalue weighted by molar-refractivity contribution is 5.98. The molecule has 0 saturated carbocycles. The SMILES string of the molecule is O=CC1NC(=O)C2(CCNCC2)N1c1ccccc1. The van der Waals surface area contributed by atoms with Crippen LogP contribution in [0.1, 0.15) is 12.8 Å². The minimum atomic E-state index is -0.585. The van der Waals surface area contributed by atoms with E-state index >= 15 is 0 Å². The third kappa shape index (κ3) is 1.81. The van der Waals surface area contributed by atoms with Gasteiger partial charge < -0.3 is 15.5 Å². The predicted octanol–water partition coefficient (Wildman–Crippen LogP) is 0.270. The van der Waals surface area contributed by atoms with Crippen molar-refractivity contribution in [1.82, 2.24) is 10.6 Å². The number of hydrogen-bond donors (Lipinski definition) is 2. The van der Waals surface area contributed by atoms with Gasteiger partial charge in [0.05, 0.1) is 0 Å². The molecule has 1 atom stereocenters. The molecule has 100 valence electrons. The van der Waals surface area contributed by atoms with Gasteiger partial charge in [-0.25, -0.2) is 0 Å². The summed E-state index contributed by atoms with van der Waals surface area (Å²) in [6.45, 7) is 1.59. The largest absolute Gasteiger partial charge is 0.330 e. The number of amides is 1. The number of carbonyl (C=O) groups is 2. The summed E-state index contributed by atoms with van der Waals surface area (Å²) in [5.41, 5.74) is 0.331. The van der Waals surface area contributed by atoms with E-state index in [0.717, 1.165) is 37.9 Å². The summed E-state index contributed by atoms with van der Waals surface area (Å²) in [7, 11) is 0. The Balaban J connectivity index is 2.05. The van der Waals surface area contributed by atoms with E-state index in [-0.39, 0.29) is 5.91 Å². The summed E-state index contributed by atoms with van der Waals surface area (Å²) in [4.78, 5) is 25.6. The van der Waals surface area contributed by atoms with Crippen molar-refractivity contribution in [3.8, 4) is 0 Å². The van der Waals surface area contributed by atoms with Gasteiger partial charge in [-0.3, -0.25) is 9.59 Å². The van der Waals surface area contributed by atoms with Crippen LogP contribution in [-0.4, -0.2) is 37.0 Å². The van der Waals surface area contributed by atoms with Crippen molar-refractivity contribution >= 4 is 17.9 Å². The van der Waals surface area contributed by atoms with Crippen LogP contribution in [0.15, 0.2) is 30.3 Å². The van der Waals surface area contributed by atoms with E-state index < -0.39 is 11.7 Å². The molecule has 2 fully saturated rings. The lowest BCUT2D eigenvalue weighted by molar-refractivity contribution is -0.125. The van der Waals surface area contributed by atoms with Crippen molar-refractivity contribution in [3.05, 3.63) is 30.3 Å². The molecular weight excluding hydrogens is 242 g/mol. The number of piperidine rings is 1. The van der Waals surface area contributed by atoms with Crippen LogP contribution in [0.2, 0.25) is 0 Å². The van der Waals surface area contributed by atoms with Gasteiger partial charge >= 0.3 is 0 Å². The Morgan fingerprint density at radius 3 is 2.53 bits per heavy atom. The van der Waals surface area contributed by atoms with Gasteiger partial charge in [0.2, 0.25) is 5.91 Å². The number of para-hydroxylation sites is 1. The van der Waals surface area contributed by atoms with Crippen molar-refractivity contribution < 1.29 is 9.59 Å². The van der Waals surface area contributed by atoms with Gasteiger partial charge in [-0.05, 0) is 38.1 Å². The molecule has 3 rings (SSSR count). The van der Waals surface area contributed by atoms with Gasteiger partial charge in [-0.2, -0.15) is 0 Å². The van der Waals surface area contributed by atoms with Crippen molar-refractivity contribution in [2.45, 2.75) is 24.5 Å². The zero-order valence-corrected chi connectivity index (χ0v) is 10.6. The molecule has 19 heavy (non-hydrogen) atoms. The average Bonchev–Trinajstić information content (AvgIpc) is 2.73. The minimum absolute atomic E-state index is 0.0325. The first-order chi connectivity index (χ1) is 9.28. The average molecular weight is 259 g/mol. The quantitative estimate of drug-likeness (QED) is 0.748. The number of rotatable bonds is 2. The third-order valence-corrected chi connectivity index (χ3v) is 4.03. The number of hydrogen-bond acceptors (Lipinski definition) is 4. The predicted molar refractivity (Wildman–Crippen MR) is 71.8 cm³/mol. The van der Waals surface area contributed by atoms with Gasteiger partial charge in [0, 0.05) is 5.69 Å². The van der Waals surface area contributed by atoms with E-state index in [9.17, 15) is 9.59 Å². The number of aldehydes is 1. The Bertz CT molecular complexity index is 483. The summed E-state index contributed by atoms with van der Waals surface area (Å²) < 4.78 is 0. The summed E-state index contributed by atoms with van der Waals surface area (Å²) in [5, 5.41) is 6.07. The van der Waals surface area contributed by atoms with Crippen LogP contribution in [0, 0.1) is 0 Å². The minimum Gasteiger partial charge on any atom is -0.330 e. The molecule has 2 aliphatic heterocycles. The fourth-order valence-corrected chi connectivity index (χ4v) is 3.11. The highest BCUT2D eigenvalue weighted by Crippen LogP contribution is 2.36. The van der Waals surface area contributed by atoms with Crippen LogP contribution in [0.4, 0.5) is 5.69 Å². The highest BCUT2D eigenvalue weighted by atomic mass is 16.2. The lowest BCUT2D eigenvalue weighted by Crippen LogP contribution is -2.56. The number of anilines is 1. The van der Waals surface area contributed by atoms with Crippen molar-refractivity contribution in [2.75, 3.05) is 18.0 Å². The van der Waals surface area contributed by atoms with Crippen molar-refractivity contribution in [3.63, 3.8) is 0 Å². The normalized spacial score (nSPS) is 25.4. The molecule has 1 amide bonds. The number of nitrogens with one attached hydrogen (secondary N) is 2. The first-order valence-corrected chi connectivity index (χ1v) is 6.59.